The van der Waals surface area contributed by atoms with Crippen LogP contribution in [0.2, 0.25) is 0 Å². The highest BCUT2D eigenvalue weighted by Crippen LogP contribution is 2.18. The van der Waals surface area contributed by atoms with E-state index in [9.17, 15) is 13.6 Å². The standard InChI is InChI=1S/C15H14F2N4O2/c16-11-2-1-10(7-12(11)17)20-14-8-13(18-9-19-14)15(22)21-3-5-23-6-4-21/h1-2,7-9H,3-6H2,(H,18,19,20). The fourth-order valence-corrected chi connectivity index (χ4v) is 2.19. The number of rotatable bonds is 3. The van der Waals surface area contributed by atoms with Crippen molar-refractivity contribution in [2.45, 2.75) is 0 Å². The van der Waals surface area contributed by atoms with Gasteiger partial charge in [0.05, 0.1) is 13.2 Å². The van der Waals surface area contributed by atoms with Gasteiger partial charge in [0.1, 0.15) is 17.8 Å². The molecule has 8 heteroatoms. The second-order valence-electron chi connectivity index (χ2n) is 4.95. The summed E-state index contributed by atoms with van der Waals surface area (Å²) in [4.78, 5) is 21.9. The monoisotopic (exact) mass is 320 g/mol. The van der Waals surface area contributed by atoms with Crippen molar-refractivity contribution in [1.82, 2.24) is 14.9 Å². The molecule has 6 nitrogen and oxygen atoms in total. The van der Waals surface area contributed by atoms with Crippen molar-refractivity contribution in [1.29, 1.82) is 0 Å². The number of anilines is 2. The van der Waals surface area contributed by atoms with Crippen LogP contribution in [0.5, 0.6) is 0 Å². The number of aromatic nitrogens is 2. The van der Waals surface area contributed by atoms with E-state index in [0.29, 0.717) is 37.8 Å². The molecule has 1 saturated heterocycles. The summed E-state index contributed by atoms with van der Waals surface area (Å²) in [5, 5.41) is 2.82. The van der Waals surface area contributed by atoms with Crippen LogP contribution in [0.25, 0.3) is 0 Å². The Morgan fingerprint density at radius 2 is 1.91 bits per heavy atom. The van der Waals surface area contributed by atoms with Crippen LogP contribution in [-0.4, -0.2) is 47.1 Å². The third-order valence-corrected chi connectivity index (χ3v) is 3.38. The average molecular weight is 320 g/mol. The number of amides is 1. The van der Waals surface area contributed by atoms with Gasteiger partial charge in [0.2, 0.25) is 0 Å². The van der Waals surface area contributed by atoms with Gasteiger partial charge in [-0.1, -0.05) is 0 Å². The van der Waals surface area contributed by atoms with E-state index in [0.717, 1.165) is 12.1 Å². The molecule has 3 rings (SSSR count). The number of ether oxygens (including phenoxy) is 1. The van der Waals surface area contributed by atoms with Gasteiger partial charge in [-0.3, -0.25) is 4.79 Å². The lowest BCUT2D eigenvalue weighted by Gasteiger charge is -2.26. The Bertz CT molecular complexity index is 720. The van der Waals surface area contributed by atoms with E-state index in [1.165, 1.54) is 18.5 Å². The molecule has 0 radical (unpaired) electrons. The van der Waals surface area contributed by atoms with Gasteiger partial charge in [-0.2, -0.15) is 0 Å². The van der Waals surface area contributed by atoms with E-state index in [2.05, 4.69) is 15.3 Å². The molecule has 0 atom stereocenters. The average Bonchev–Trinajstić information content (AvgIpc) is 2.58. The molecule has 1 N–H and O–H groups in total. The maximum absolute atomic E-state index is 13.2. The summed E-state index contributed by atoms with van der Waals surface area (Å²) in [7, 11) is 0. The molecule has 2 aromatic rings. The van der Waals surface area contributed by atoms with Gasteiger partial charge >= 0.3 is 0 Å². The number of benzene rings is 1. The van der Waals surface area contributed by atoms with Gasteiger partial charge in [-0.15, -0.1) is 0 Å². The first-order valence-electron chi connectivity index (χ1n) is 7.04. The predicted molar refractivity (Wildman–Crippen MR) is 78.4 cm³/mol. The highest BCUT2D eigenvalue weighted by atomic mass is 19.2. The number of carbonyl (C=O) groups is 1. The van der Waals surface area contributed by atoms with Crippen LogP contribution in [0.1, 0.15) is 10.5 Å². The number of nitrogens with one attached hydrogen (secondary N) is 1. The van der Waals surface area contributed by atoms with Crippen molar-refractivity contribution >= 4 is 17.4 Å². The minimum Gasteiger partial charge on any atom is -0.378 e. The molecule has 2 heterocycles. The van der Waals surface area contributed by atoms with Crippen LogP contribution in [0.4, 0.5) is 20.3 Å². The van der Waals surface area contributed by atoms with Crippen LogP contribution in [0, 0.1) is 11.6 Å². The quantitative estimate of drug-likeness (QED) is 0.936. The number of hydrogen-bond acceptors (Lipinski definition) is 5. The second kappa shape index (κ2) is 6.66. The molecular formula is C15H14F2N4O2. The molecule has 1 aromatic carbocycles. The second-order valence-corrected chi connectivity index (χ2v) is 4.95. The summed E-state index contributed by atoms with van der Waals surface area (Å²) in [5.74, 6) is -1.79. The number of nitrogens with zero attached hydrogens (tertiary/aromatic N) is 3. The normalized spacial score (nSPS) is 14.6. The molecule has 120 valence electrons. The summed E-state index contributed by atoms with van der Waals surface area (Å²) < 4.78 is 31.3. The van der Waals surface area contributed by atoms with Crippen LogP contribution in [-0.2, 0) is 4.74 Å². The molecule has 0 bridgehead atoms. The lowest BCUT2D eigenvalue weighted by molar-refractivity contribution is 0.0299. The maximum Gasteiger partial charge on any atom is 0.272 e. The summed E-state index contributed by atoms with van der Waals surface area (Å²) in [5.41, 5.74) is 0.555. The third kappa shape index (κ3) is 3.59. The fourth-order valence-electron chi connectivity index (χ4n) is 2.19. The zero-order valence-corrected chi connectivity index (χ0v) is 12.1. The number of morpholine rings is 1. The summed E-state index contributed by atoms with van der Waals surface area (Å²) in [6.45, 7) is 2.01. The molecule has 0 spiro atoms. The van der Waals surface area contributed by atoms with Crippen molar-refractivity contribution in [3.05, 3.63) is 47.9 Å². The van der Waals surface area contributed by atoms with Crippen LogP contribution in [0.15, 0.2) is 30.6 Å². The minimum atomic E-state index is -0.964. The molecule has 1 aliphatic rings. The Hall–Kier alpha value is -2.61. The number of carbonyl (C=O) groups excluding carboxylic acids is 1. The Kier molecular flexibility index (Phi) is 4.42. The van der Waals surface area contributed by atoms with Crippen molar-refractivity contribution in [3.8, 4) is 0 Å². The predicted octanol–water partition coefficient (Wildman–Crippen LogP) is 1.97. The van der Waals surface area contributed by atoms with Gasteiger partial charge in [0.25, 0.3) is 5.91 Å². The first kappa shape index (κ1) is 15.3. The molecule has 1 aromatic heterocycles. The van der Waals surface area contributed by atoms with Gasteiger partial charge in [-0.25, -0.2) is 18.7 Å². The van der Waals surface area contributed by atoms with E-state index < -0.39 is 11.6 Å². The van der Waals surface area contributed by atoms with Gasteiger partial charge in [0.15, 0.2) is 11.6 Å². The fraction of sp³-hybridized carbons (Fsp3) is 0.267. The first-order valence-corrected chi connectivity index (χ1v) is 7.04. The Balaban J connectivity index is 1.76. The molecule has 1 amide bonds. The summed E-state index contributed by atoms with van der Waals surface area (Å²) in [6, 6.07) is 4.88. The van der Waals surface area contributed by atoms with Crippen LogP contribution in [0.3, 0.4) is 0 Å². The first-order chi connectivity index (χ1) is 11.1. The minimum absolute atomic E-state index is 0.218. The van der Waals surface area contributed by atoms with Crippen molar-refractivity contribution in [2.24, 2.45) is 0 Å². The van der Waals surface area contributed by atoms with E-state index in [1.54, 1.807) is 4.90 Å². The van der Waals surface area contributed by atoms with Crippen molar-refractivity contribution in [3.63, 3.8) is 0 Å². The smallest absolute Gasteiger partial charge is 0.272 e. The molecular weight excluding hydrogens is 306 g/mol. The van der Waals surface area contributed by atoms with Crippen molar-refractivity contribution in [2.75, 3.05) is 31.6 Å². The lowest BCUT2D eigenvalue weighted by atomic mass is 10.3. The zero-order chi connectivity index (χ0) is 16.2. The SMILES string of the molecule is O=C(c1cc(Nc2ccc(F)c(F)c2)ncn1)N1CCOCC1. The Morgan fingerprint density at radius 1 is 1.13 bits per heavy atom. The summed E-state index contributed by atoms with van der Waals surface area (Å²) in [6.07, 6.45) is 1.25. The molecule has 1 fully saturated rings. The molecule has 0 unspecified atom stereocenters. The zero-order valence-electron chi connectivity index (χ0n) is 12.1. The van der Waals surface area contributed by atoms with E-state index >= 15 is 0 Å². The van der Waals surface area contributed by atoms with Gasteiger partial charge in [0, 0.05) is 30.9 Å². The molecule has 1 aliphatic heterocycles. The summed E-state index contributed by atoms with van der Waals surface area (Å²) >= 11 is 0. The van der Waals surface area contributed by atoms with Gasteiger partial charge in [-0.05, 0) is 12.1 Å². The van der Waals surface area contributed by atoms with E-state index in [-0.39, 0.29) is 11.6 Å². The third-order valence-electron chi connectivity index (χ3n) is 3.38. The highest BCUT2D eigenvalue weighted by molar-refractivity contribution is 5.93. The van der Waals surface area contributed by atoms with Crippen LogP contribution >= 0.6 is 0 Å². The Morgan fingerprint density at radius 3 is 2.65 bits per heavy atom. The lowest BCUT2D eigenvalue weighted by Crippen LogP contribution is -2.41. The Labute approximate surface area is 131 Å². The maximum atomic E-state index is 13.2. The molecule has 0 aliphatic carbocycles. The van der Waals surface area contributed by atoms with Crippen molar-refractivity contribution < 1.29 is 18.3 Å². The van der Waals surface area contributed by atoms with Crippen LogP contribution < -0.4 is 5.32 Å². The largest absolute Gasteiger partial charge is 0.378 e. The van der Waals surface area contributed by atoms with E-state index in [4.69, 9.17) is 4.74 Å². The number of hydrogen-bond donors (Lipinski definition) is 1. The van der Waals surface area contributed by atoms with Gasteiger partial charge < -0.3 is 15.0 Å². The molecule has 0 saturated carbocycles. The molecule has 23 heavy (non-hydrogen) atoms. The van der Waals surface area contributed by atoms with E-state index in [1.807, 2.05) is 0 Å². The highest BCUT2D eigenvalue weighted by Gasteiger charge is 2.20. The topological polar surface area (TPSA) is 67.4 Å². The number of halogens is 2.